The molecule has 4 nitrogen and oxygen atoms in total. The highest BCUT2D eigenvalue weighted by atomic mass is 32.1. The number of aryl methyl sites for hydroxylation is 1. The molecule has 0 saturated heterocycles. The molecule has 72 valence electrons. The van der Waals surface area contributed by atoms with E-state index >= 15 is 0 Å². The zero-order valence-corrected chi connectivity index (χ0v) is 8.58. The predicted molar refractivity (Wildman–Crippen MR) is 56.2 cm³/mol. The van der Waals surface area contributed by atoms with E-state index in [0.29, 0.717) is 0 Å². The van der Waals surface area contributed by atoms with Gasteiger partial charge in [0.25, 0.3) is 0 Å². The minimum atomic E-state index is 0.771. The van der Waals surface area contributed by atoms with Crippen molar-refractivity contribution in [3.05, 3.63) is 34.7 Å². The van der Waals surface area contributed by atoms with Crippen molar-refractivity contribution in [2.45, 2.75) is 13.5 Å². The Kier molecular flexibility index (Phi) is 2.69. The number of thiazole rings is 1. The summed E-state index contributed by atoms with van der Waals surface area (Å²) in [5, 5.41) is 3.21. The smallest absolute Gasteiger partial charge is 0.129 e. The minimum absolute atomic E-state index is 0.771. The first kappa shape index (κ1) is 9.08. The standard InChI is InChI=1S/C9H10N4S/c1-7-8(14-6-13-7)4-11-9-2-3-10-5-12-9/h2-3,5-6H,4H2,1H3,(H,10,11,12). The Morgan fingerprint density at radius 2 is 2.36 bits per heavy atom. The summed E-state index contributed by atoms with van der Waals surface area (Å²) in [6, 6.07) is 1.84. The van der Waals surface area contributed by atoms with Gasteiger partial charge < -0.3 is 5.32 Å². The van der Waals surface area contributed by atoms with Crippen LogP contribution in [0.1, 0.15) is 10.6 Å². The number of nitrogens with zero attached hydrogens (tertiary/aromatic N) is 3. The van der Waals surface area contributed by atoms with Gasteiger partial charge in [0, 0.05) is 11.1 Å². The Morgan fingerprint density at radius 1 is 1.43 bits per heavy atom. The number of hydrogen-bond donors (Lipinski definition) is 1. The molecule has 0 aliphatic carbocycles. The molecule has 2 heterocycles. The second-order valence-corrected chi connectivity index (χ2v) is 3.75. The minimum Gasteiger partial charge on any atom is -0.365 e. The number of nitrogens with one attached hydrogen (secondary N) is 1. The number of rotatable bonds is 3. The average molecular weight is 206 g/mol. The predicted octanol–water partition coefficient (Wildman–Crippen LogP) is 1.85. The molecule has 5 heteroatoms. The summed E-state index contributed by atoms with van der Waals surface area (Å²) >= 11 is 1.65. The van der Waals surface area contributed by atoms with Gasteiger partial charge in [-0.3, -0.25) is 0 Å². The largest absolute Gasteiger partial charge is 0.365 e. The van der Waals surface area contributed by atoms with Crippen LogP contribution in [-0.2, 0) is 6.54 Å². The Morgan fingerprint density at radius 3 is 3.00 bits per heavy atom. The zero-order chi connectivity index (χ0) is 9.80. The van der Waals surface area contributed by atoms with Gasteiger partial charge >= 0.3 is 0 Å². The number of hydrogen-bond acceptors (Lipinski definition) is 5. The maximum absolute atomic E-state index is 4.17. The number of anilines is 1. The van der Waals surface area contributed by atoms with Crippen molar-refractivity contribution in [2.75, 3.05) is 5.32 Å². The Labute approximate surface area is 86.1 Å². The molecular weight excluding hydrogens is 196 g/mol. The quantitative estimate of drug-likeness (QED) is 0.832. The molecule has 2 aromatic rings. The summed E-state index contributed by atoms with van der Waals surface area (Å²) in [6.45, 7) is 2.78. The van der Waals surface area contributed by atoms with Gasteiger partial charge in [-0.1, -0.05) is 0 Å². The van der Waals surface area contributed by atoms with Crippen LogP contribution in [0.4, 0.5) is 5.82 Å². The second-order valence-electron chi connectivity index (χ2n) is 2.81. The van der Waals surface area contributed by atoms with Gasteiger partial charge in [-0.2, -0.15) is 0 Å². The van der Waals surface area contributed by atoms with E-state index in [0.717, 1.165) is 18.1 Å². The van der Waals surface area contributed by atoms with Crippen LogP contribution in [0.5, 0.6) is 0 Å². The molecule has 1 N–H and O–H groups in total. The van der Waals surface area contributed by atoms with Gasteiger partial charge in [-0.25, -0.2) is 15.0 Å². The molecule has 2 rings (SSSR count). The highest BCUT2D eigenvalue weighted by molar-refractivity contribution is 7.09. The third-order valence-corrected chi connectivity index (χ3v) is 2.79. The molecule has 0 radical (unpaired) electrons. The molecule has 0 aromatic carbocycles. The number of aromatic nitrogens is 3. The summed E-state index contributed by atoms with van der Waals surface area (Å²) in [7, 11) is 0. The van der Waals surface area contributed by atoms with Gasteiger partial charge in [0.15, 0.2) is 0 Å². The highest BCUT2D eigenvalue weighted by Crippen LogP contribution is 2.13. The van der Waals surface area contributed by atoms with Crippen molar-refractivity contribution in [2.24, 2.45) is 0 Å². The monoisotopic (exact) mass is 206 g/mol. The van der Waals surface area contributed by atoms with Crippen LogP contribution in [0.2, 0.25) is 0 Å². The summed E-state index contributed by atoms with van der Waals surface area (Å²) in [5.74, 6) is 0.841. The van der Waals surface area contributed by atoms with E-state index in [2.05, 4.69) is 20.3 Å². The first-order valence-electron chi connectivity index (χ1n) is 4.25. The van der Waals surface area contributed by atoms with E-state index in [-0.39, 0.29) is 0 Å². The molecule has 0 bridgehead atoms. The van der Waals surface area contributed by atoms with Crippen molar-refractivity contribution in [3.8, 4) is 0 Å². The maximum atomic E-state index is 4.17. The molecule has 0 aliphatic heterocycles. The van der Waals surface area contributed by atoms with Crippen molar-refractivity contribution in [1.82, 2.24) is 15.0 Å². The normalized spacial score (nSPS) is 10.1. The molecule has 0 spiro atoms. The second kappa shape index (κ2) is 4.15. The van der Waals surface area contributed by atoms with E-state index in [1.54, 1.807) is 17.5 Å². The van der Waals surface area contributed by atoms with Gasteiger partial charge in [0.2, 0.25) is 0 Å². The lowest BCUT2D eigenvalue weighted by molar-refractivity contribution is 1.07. The fourth-order valence-electron chi connectivity index (χ4n) is 1.06. The molecular formula is C9H10N4S. The molecule has 0 aliphatic rings. The lowest BCUT2D eigenvalue weighted by Gasteiger charge is -2.02. The third-order valence-electron chi connectivity index (χ3n) is 1.86. The van der Waals surface area contributed by atoms with Crippen LogP contribution in [0.3, 0.4) is 0 Å². The van der Waals surface area contributed by atoms with Crippen LogP contribution < -0.4 is 5.32 Å². The van der Waals surface area contributed by atoms with Crippen LogP contribution in [-0.4, -0.2) is 15.0 Å². The van der Waals surface area contributed by atoms with Gasteiger partial charge in [-0.15, -0.1) is 11.3 Å². The van der Waals surface area contributed by atoms with Crippen molar-refractivity contribution in [3.63, 3.8) is 0 Å². The van der Waals surface area contributed by atoms with Crippen molar-refractivity contribution >= 4 is 17.2 Å². The maximum Gasteiger partial charge on any atom is 0.129 e. The third kappa shape index (κ3) is 2.05. The van der Waals surface area contributed by atoms with Crippen LogP contribution >= 0.6 is 11.3 Å². The first-order valence-corrected chi connectivity index (χ1v) is 5.13. The summed E-state index contributed by atoms with van der Waals surface area (Å²) in [5.41, 5.74) is 2.93. The van der Waals surface area contributed by atoms with Crippen LogP contribution in [0.15, 0.2) is 24.1 Å². The van der Waals surface area contributed by atoms with Crippen molar-refractivity contribution in [1.29, 1.82) is 0 Å². The molecule has 2 aromatic heterocycles. The molecule has 0 saturated carbocycles. The van der Waals surface area contributed by atoms with E-state index < -0.39 is 0 Å². The summed E-state index contributed by atoms with van der Waals surface area (Å²) in [4.78, 5) is 13.3. The van der Waals surface area contributed by atoms with Crippen LogP contribution in [0, 0.1) is 6.92 Å². The molecule has 0 unspecified atom stereocenters. The van der Waals surface area contributed by atoms with E-state index in [4.69, 9.17) is 0 Å². The van der Waals surface area contributed by atoms with E-state index in [1.807, 2.05) is 18.5 Å². The zero-order valence-electron chi connectivity index (χ0n) is 7.77. The topological polar surface area (TPSA) is 50.7 Å². The Bertz CT molecular complexity index is 398. The molecule has 0 atom stereocenters. The highest BCUT2D eigenvalue weighted by Gasteiger charge is 2.00. The fraction of sp³-hybridized carbons (Fsp3) is 0.222. The lowest BCUT2D eigenvalue weighted by atomic mass is 10.4. The molecule has 14 heavy (non-hydrogen) atoms. The van der Waals surface area contributed by atoms with E-state index in [1.165, 1.54) is 11.2 Å². The summed E-state index contributed by atoms with van der Waals surface area (Å²) < 4.78 is 0. The first-order chi connectivity index (χ1) is 6.86. The van der Waals surface area contributed by atoms with E-state index in [9.17, 15) is 0 Å². The SMILES string of the molecule is Cc1ncsc1CNc1ccncn1. The molecule has 0 fully saturated rings. The Hall–Kier alpha value is -1.49. The van der Waals surface area contributed by atoms with Gasteiger partial charge in [0.1, 0.15) is 12.1 Å². The van der Waals surface area contributed by atoms with Gasteiger partial charge in [0.05, 0.1) is 17.7 Å². The fourth-order valence-corrected chi connectivity index (χ4v) is 1.78. The average Bonchev–Trinajstić information content (AvgIpc) is 2.63. The van der Waals surface area contributed by atoms with Crippen LogP contribution in [0.25, 0.3) is 0 Å². The molecule has 0 amide bonds. The lowest BCUT2D eigenvalue weighted by Crippen LogP contribution is -2.00. The van der Waals surface area contributed by atoms with Crippen molar-refractivity contribution < 1.29 is 0 Å². The summed E-state index contributed by atoms with van der Waals surface area (Å²) in [6.07, 6.45) is 3.25. The Balaban J connectivity index is 1.99. The van der Waals surface area contributed by atoms with Gasteiger partial charge in [-0.05, 0) is 13.0 Å².